The molecule has 0 aliphatic carbocycles. The third-order valence-corrected chi connectivity index (χ3v) is 4.66. The van der Waals surface area contributed by atoms with Crippen molar-refractivity contribution in [2.45, 2.75) is 66.8 Å². The Bertz CT molecular complexity index is 644. The molecule has 0 fully saturated rings. The minimum absolute atomic E-state index is 0.0909. The zero-order valence-corrected chi connectivity index (χ0v) is 19.3. The van der Waals surface area contributed by atoms with Gasteiger partial charge in [-0.3, -0.25) is 4.79 Å². The minimum atomic E-state index is -0.312. The van der Waals surface area contributed by atoms with Crippen LogP contribution >= 0.6 is 0 Å². The van der Waals surface area contributed by atoms with E-state index in [2.05, 4.69) is 55.5 Å². The SMILES string of the molecule is CCN(CC)CCCNC(=O)c1ccc(NC(=O)NC(C)(C)CC(C)(C)C)cc1. The van der Waals surface area contributed by atoms with Crippen molar-refractivity contribution in [3.63, 3.8) is 0 Å². The molecule has 0 aliphatic rings. The van der Waals surface area contributed by atoms with Crippen LogP contribution in [0.1, 0.15) is 71.7 Å². The van der Waals surface area contributed by atoms with Crippen LogP contribution in [-0.4, -0.2) is 48.6 Å². The Balaban J connectivity index is 2.48. The molecule has 6 heteroatoms. The topological polar surface area (TPSA) is 73.5 Å². The van der Waals surface area contributed by atoms with Gasteiger partial charge in [-0.2, -0.15) is 0 Å². The number of rotatable bonds is 10. The quantitative estimate of drug-likeness (QED) is 0.503. The first-order valence-electron chi connectivity index (χ1n) is 10.7. The molecule has 0 radical (unpaired) electrons. The summed E-state index contributed by atoms with van der Waals surface area (Å²) >= 11 is 0. The number of urea groups is 1. The highest BCUT2D eigenvalue weighted by Crippen LogP contribution is 2.26. The minimum Gasteiger partial charge on any atom is -0.352 e. The van der Waals surface area contributed by atoms with Gasteiger partial charge < -0.3 is 20.9 Å². The largest absolute Gasteiger partial charge is 0.352 e. The van der Waals surface area contributed by atoms with E-state index in [1.165, 1.54) is 0 Å². The van der Waals surface area contributed by atoms with Gasteiger partial charge in [-0.05, 0) is 76.0 Å². The number of hydrogen-bond acceptors (Lipinski definition) is 3. The Morgan fingerprint density at radius 2 is 1.55 bits per heavy atom. The van der Waals surface area contributed by atoms with E-state index in [0.717, 1.165) is 32.5 Å². The predicted octanol–water partition coefficient (Wildman–Crippen LogP) is 4.48. The van der Waals surface area contributed by atoms with Crippen molar-refractivity contribution in [1.29, 1.82) is 0 Å². The fraction of sp³-hybridized carbons (Fsp3) is 0.652. The van der Waals surface area contributed by atoms with Crippen molar-refractivity contribution in [2.24, 2.45) is 5.41 Å². The van der Waals surface area contributed by atoms with Crippen molar-refractivity contribution < 1.29 is 9.59 Å². The lowest BCUT2D eigenvalue weighted by molar-refractivity contribution is 0.0952. The maximum absolute atomic E-state index is 12.3. The number of anilines is 1. The maximum Gasteiger partial charge on any atom is 0.319 e. The van der Waals surface area contributed by atoms with Gasteiger partial charge in [0, 0.05) is 23.3 Å². The molecule has 0 bridgehead atoms. The highest BCUT2D eigenvalue weighted by Gasteiger charge is 2.27. The van der Waals surface area contributed by atoms with Gasteiger partial charge in [0.25, 0.3) is 5.91 Å². The average molecular weight is 405 g/mol. The third kappa shape index (κ3) is 10.3. The molecule has 1 aromatic rings. The highest BCUT2D eigenvalue weighted by atomic mass is 16.2. The van der Waals surface area contributed by atoms with Gasteiger partial charge in [0.1, 0.15) is 0 Å². The molecule has 164 valence electrons. The summed E-state index contributed by atoms with van der Waals surface area (Å²) < 4.78 is 0. The molecular weight excluding hydrogens is 364 g/mol. The fourth-order valence-electron chi connectivity index (χ4n) is 3.69. The van der Waals surface area contributed by atoms with Crippen LogP contribution in [0.4, 0.5) is 10.5 Å². The van der Waals surface area contributed by atoms with E-state index in [1.54, 1.807) is 24.3 Å². The number of nitrogens with one attached hydrogen (secondary N) is 3. The molecule has 0 spiro atoms. The summed E-state index contributed by atoms with van der Waals surface area (Å²) in [6, 6.07) is 6.72. The van der Waals surface area contributed by atoms with Crippen molar-refractivity contribution in [1.82, 2.24) is 15.5 Å². The van der Waals surface area contributed by atoms with Crippen molar-refractivity contribution >= 4 is 17.6 Å². The smallest absolute Gasteiger partial charge is 0.319 e. The van der Waals surface area contributed by atoms with Crippen LogP contribution in [0.2, 0.25) is 0 Å². The standard InChI is InChI=1S/C23H40N4O2/c1-8-27(9-2)16-10-15-24-20(28)18-11-13-19(14-12-18)25-21(29)26-23(6,7)17-22(3,4)5/h11-14H,8-10,15-17H2,1-7H3,(H,24,28)(H2,25,26,29). The monoisotopic (exact) mass is 404 g/mol. The van der Waals surface area contributed by atoms with Gasteiger partial charge in [-0.25, -0.2) is 4.79 Å². The van der Waals surface area contributed by atoms with E-state index in [9.17, 15) is 9.59 Å². The van der Waals surface area contributed by atoms with Gasteiger partial charge in [-0.1, -0.05) is 34.6 Å². The molecule has 0 saturated carbocycles. The number of amides is 3. The second kappa shape index (κ2) is 11.2. The average Bonchev–Trinajstić information content (AvgIpc) is 2.59. The summed E-state index contributed by atoms with van der Waals surface area (Å²) in [7, 11) is 0. The molecule has 1 rings (SSSR count). The summed E-state index contributed by atoms with van der Waals surface area (Å²) in [5.74, 6) is -0.0909. The molecular formula is C23H40N4O2. The second-order valence-corrected chi connectivity index (χ2v) is 9.41. The molecule has 6 nitrogen and oxygen atoms in total. The summed E-state index contributed by atoms with van der Waals surface area (Å²) in [5.41, 5.74) is 1.06. The fourth-order valence-corrected chi connectivity index (χ4v) is 3.69. The van der Waals surface area contributed by atoms with Crippen LogP contribution in [0.15, 0.2) is 24.3 Å². The molecule has 1 aromatic carbocycles. The Morgan fingerprint density at radius 3 is 2.07 bits per heavy atom. The first kappa shape index (κ1) is 25.0. The lowest BCUT2D eigenvalue weighted by Crippen LogP contribution is -2.47. The number of benzene rings is 1. The number of carbonyl (C=O) groups is 2. The van der Waals surface area contributed by atoms with Crippen LogP contribution in [0.3, 0.4) is 0 Å². The van der Waals surface area contributed by atoms with E-state index in [1.807, 2.05) is 13.8 Å². The summed E-state index contributed by atoms with van der Waals surface area (Å²) in [5, 5.41) is 8.81. The van der Waals surface area contributed by atoms with Gasteiger partial charge >= 0.3 is 6.03 Å². The summed E-state index contributed by atoms with van der Waals surface area (Å²) in [6.45, 7) is 18.5. The molecule has 0 atom stereocenters. The van der Waals surface area contributed by atoms with Crippen molar-refractivity contribution in [3.8, 4) is 0 Å². The highest BCUT2D eigenvalue weighted by molar-refractivity contribution is 5.95. The lowest BCUT2D eigenvalue weighted by atomic mass is 9.82. The Morgan fingerprint density at radius 1 is 0.966 bits per heavy atom. The molecule has 0 saturated heterocycles. The maximum atomic E-state index is 12.3. The van der Waals surface area contributed by atoms with Gasteiger partial charge in [0.15, 0.2) is 0 Å². The Kier molecular flexibility index (Phi) is 9.63. The first-order chi connectivity index (χ1) is 13.5. The van der Waals surface area contributed by atoms with E-state index in [-0.39, 0.29) is 22.9 Å². The molecule has 0 unspecified atom stereocenters. The van der Waals surface area contributed by atoms with E-state index in [4.69, 9.17) is 0 Å². The van der Waals surface area contributed by atoms with Crippen LogP contribution < -0.4 is 16.0 Å². The van der Waals surface area contributed by atoms with Crippen LogP contribution in [0, 0.1) is 5.41 Å². The normalized spacial score (nSPS) is 12.0. The molecule has 3 amide bonds. The van der Waals surface area contributed by atoms with E-state index < -0.39 is 0 Å². The third-order valence-electron chi connectivity index (χ3n) is 4.66. The Labute approximate surface area is 176 Å². The van der Waals surface area contributed by atoms with E-state index >= 15 is 0 Å². The summed E-state index contributed by atoms with van der Waals surface area (Å²) in [6.07, 6.45) is 1.79. The molecule has 0 aliphatic heterocycles. The second-order valence-electron chi connectivity index (χ2n) is 9.41. The number of hydrogen-bond donors (Lipinski definition) is 3. The van der Waals surface area contributed by atoms with Crippen LogP contribution in [0.5, 0.6) is 0 Å². The van der Waals surface area contributed by atoms with E-state index in [0.29, 0.717) is 17.8 Å². The number of carbonyl (C=O) groups excluding carboxylic acids is 2. The molecule has 0 aromatic heterocycles. The zero-order chi connectivity index (χ0) is 22.1. The number of nitrogens with zero attached hydrogens (tertiary/aromatic N) is 1. The predicted molar refractivity (Wildman–Crippen MR) is 121 cm³/mol. The molecule has 3 N–H and O–H groups in total. The zero-order valence-electron chi connectivity index (χ0n) is 19.3. The van der Waals surface area contributed by atoms with Crippen LogP contribution in [0.25, 0.3) is 0 Å². The van der Waals surface area contributed by atoms with Gasteiger partial charge in [0.2, 0.25) is 0 Å². The first-order valence-corrected chi connectivity index (χ1v) is 10.7. The molecule has 29 heavy (non-hydrogen) atoms. The molecule has 0 heterocycles. The van der Waals surface area contributed by atoms with Gasteiger partial charge in [0.05, 0.1) is 0 Å². The van der Waals surface area contributed by atoms with Gasteiger partial charge in [-0.15, -0.1) is 0 Å². The van der Waals surface area contributed by atoms with Crippen LogP contribution in [-0.2, 0) is 0 Å². The Hall–Kier alpha value is -2.08. The summed E-state index contributed by atoms with van der Waals surface area (Å²) in [4.78, 5) is 26.9. The lowest BCUT2D eigenvalue weighted by Gasteiger charge is -2.33. The van der Waals surface area contributed by atoms with Crippen molar-refractivity contribution in [2.75, 3.05) is 31.5 Å². The van der Waals surface area contributed by atoms with Crippen molar-refractivity contribution in [3.05, 3.63) is 29.8 Å².